The fourth-order valence-electron chi connectivity index (χ4n) is 3.12. The summed E-state index contributed by atoms with van der Waals surface area (Å²) in [6, 6.07) is 4.05. The highest BCUT2D eigenvalue weighted by molar-refractivity contribution is 7.88. The molecular weight excluding hydrogens is 328 g/mol. The maximum atomic E-state index is 12.0. The predicted octanol–water partition coefficient (Wildman–Crippen LogP) is 0.348. The number of likely N-dealkylation sites (tertiary alicyclic amines) is 1. The molecule has 0 saturated carbocycles. The van der Waals surface area contributed by atoms with Crippen LogP contribution in [0.15, 0.2) is 24.5 Å². The van der Waals surface area contributed by atoms with E-state index in [2.05, 4.69) is 26.8 Å². The van der Waals surface area contributed by atoms with Crippen LogP contribution >= 0.6 is 0 Å². The topological polar surface area (TPSA) is 91.4 Å². The predicted molar refractivity (Wildman–Crippen MR) is 92.7 cm³/mol. The molecule has 134 valence electrons. The van der Waals surface area contributed by atoms with Gasteiger partial charge in [0, 0.05) is 38.1 Å². The van der Waals surface area contributed by atoms with E-state index in [9.17, 15) is 13.2 Å². The van der Waals surface area contributed by atoms with Gasteiger partial charge in [-0.25, -0.2) is 13.1 Å². The summed E-state index contributed by atoms with van der Waals surface area (Å²) in [7, 11) is -3.36. The third-order valence-corrected chi connectivity index (χ3v) is 4.84. The molecule has 0 aromatic carbocycles. The van der Waals surface area contributed by atoms with Crippen LogP contribution in [0.5, 0.6) is 0 Å². The van der Waals surface area contributed by atoms with Gasteiger partial charge in [-0.15, -0.1) is 0 Å². The Morgan fingerprint density at radius 1 is 1.33 bits per heavy atom. The summed E-state index contributed by atoms with van der Waals surface area (Å²) in [5.41, 5.74) is 1.20. The van der Waals surface area contributed by atoms with Crippen LogP contribution in [-0.4, -0.2) is 56.1 Å². The second-order valence-corrected chi connectivity index (χ2v) is 8.20. The lowest BCUT2D eigenvalue weighted by molar-refractivity contribution is -0.120. The van der Waals surface area contributed by atoms with Gasteiger partial charge in [0.2, 0.25) is 15.9 Å². The van der Waals surface area contributed by atoms with Gasteiger partial charge in [-0.1, -0.05) is 13.3 Å². The quantitative estimate of drug-likeness (QED) is 0.703. The van der Waals surface area contributed by atoms with Gasteiger partial charge < -0.3 is 5.32 Å². The Kier molecular flexibility index (Phi) is 6.70. The molecule has 2 rings (SSSR count). The van der Waals surface area contributed by atoms with Crippen molar-refractivity contribution in [1.29, 1.82) is 0 Å². The minimum atomic E-state index is -3.36. The maximum Gasteiger partial charge on any atom is 0.235 e. The molecule has 2 N–H and O–H groups in total. The van der Waals surface area contributed by atoms with Crippen molar-refractivity contribution in [3.8, 4) is 0 Å². The molecule has 1 amide bonds. The van der Waals surface area contributed by atoms with Crippen LogP contribution in [0.25, 0.3) is 0 Å². The lowest BCUT2D eigenvalue weighted by Gasteiger charge is -2.19. The molecule has 7 nitrogen and oxygen atoms in total. The highest BCUT2D eigenvalue weighted by Gasteiger charge is 2.33. The molecule has 0 radical (unpaired) electrons. The summed E-state index contributed by atoms with van der Waals surface area (Å²) in [4.78, 5) is 18.3. The van der Waals surface area contributed by atoms with Crippen LogP contribution in [0.4, 0.5) is 0 Å². The first-order valence-electron chi connectivity index (χ1n) is 8.22. The number of carbonyl (C=O) groups is 1. The average molecular weight is 354 g/mol. The molecule has 24 heavy (non-hydrogen) atoms. The van der Waals surface area contributed by atoms with Crippen molar-refractivity contribution in [1.82, 2.24) is 19.9 Å². The Morgan fingerprint density at radius 3 is 2.67 bits per heavy atom. The van der Waals surface area contributed by atoms with Gasteiger partial charge in [-0.2, -0.15) is 0 Å². The Balaban J connectivity index is 1.91. The Morgan fingerprint density at radius 2 is 2.04 bits per heavy atom. The highest BCUT2D eigenvalue weighted by Crippen LogP contribution is 2.23. The first kappa shape index (κ1) is 18.8. The number of sulfonamides is 1. The molecule has 8 heteroatoms. The van der Waals surface area contributed by atoms with E-state index < -0.39 is 10.0 Å². The lowest BCUT2D eigenvalue weighted by Crippen LogP contribution is -2.45. The van der Waals surface area contributed by atoms with Crippen LogP contribution in [-0.2, 0) is 21.4 Å². The number of hydrogen-bond acceptors (Lipinski definition) is 5. The number of amides is 1. The van der Waals surface area contributed by atoms with Gasteiger partial charge in [0.25, 0.3) is 0 Å². The summed E-state index contributed by atoms with van der Waals surface area (Å²) in [6.45, 7) is 4.46. The molecule has 1 fully saturated rings. The van der Waals surface area contributed by atoms with E-state index in [4.69, 9.17) is 0 Å². The molecule has 1 aromatic heterocycles. The van der Waals surface area contributed by atoms with Crippen LogP contribution < -0.4 is 10.0 Å². The average Bonchev–Trinajstić information content (AvgIpc) is 2.87. The number of rotatable bonds is 8. The third-order valence-electron chi connectivity index (χ3n) is 4.17. The van der Waals surface area contributed by atoms with Gasteiger partial charge in [0.15, 0.2) is 0 Å². The molecule has 2 atom stereocenters. The van der Waals surface area contributed by atoms with Crippen molar-refractivity contribution in [2.24, 2.45) is 5.92 Å². The molecule has 1 aromatic rings. The number of nitrogens with zero attached hydrogens (tertiary/aromatic N) is 2. The smallest absolute Gasteiger partial charge is 0.235 e. The lowest BCUT2D eigenvalue weighted by atomic mass is 9.98. The van der Waals surface area contributed by atoms with Crippen molar-refractivity contribution in [2.45, 2.75) is 32.4 Å². The van der Waals surface area contributed by atoms with Gasteiger partial charge >= 0.3 is 0 Å². The SMILES string of the molecule is CCC[C@@H]1CN(Cc2ccncc2)C[C@H]1NC(=O)CNS(C)(=O)=O. The van der Waals surface area contributed by atoms with Gasteiger partial charge in [-0.05, 0) is 30.0 Å². The summed E-state index contributed by atoms with van der Waals surface area (Å²) in [6.07, 6.45) is 6.71. The third kappa shape index (κ3) is 6.18. The molecular formula is C16H26N4O3S. The molecule has 0 bridgehead atoms. The first-order chi connectivity index (χ1) is 11.4. The van der Waals surface area contributed by atoms with E-state index in [0.29, 0.717) is 5.92 Å². The molecule has 1 saturated heterocycles. The van der Waals surface area contributed by atoms with Crippen molar-refractivity contribution >= 4 is 15.9 Å². The summed E-state index contributed by atoms with van der Waals surface area (Å²) >= 11 is 0. The second kappa shape index (κ2) is 8.55. The van der Waals surface area contributed by atoms with Crippen LogP contribution in [0.2, 0.25) is 0 Å². The molecule has 1 aliphatic heterocycles. The van der Waals surface area contributed by atoms with Crippen LogP contribution in [0.3, 0.4) is 0 Å². The van der Waals surface area contributed by atoms with E-state index in [1.165, 1.54) is 5.56 Å². The first-order valence-corrected chi connectivity index (χ1v) is 10.1. The largest absolute Gasteiger partial charge is 0.351 e. The van der Waals surface area contributed by atoms with Crippen molar-refractivity contribution < 1.29 is 13.2 Å². The van der Waals surface area contributed by atoms with Crippen LogP contribution in [0.1, 0.15) is 25.3 Å². The normalized spacial score (nSPS) is 21.8. The number of pyridine rings is 1. The number of hydrogen-bond donors (Lipinski definition) is 2. The van der Waals surface area contributed by atoms with Gasteiger partial charge in [0.1, 0.15) is 0 Å². The van der Waals surface area contributed by atoms with Gasteiger partial charge in [-0.3, -0.25) is 14.7 Å². The molecule has 1 aliphatic rings. The Bertz CT molecular complexity index is 636. The molecule has 2 heterocycles. The molecule has 0 spiro atoms. The van der Waals surface area contributed by atoms with Crippen molar-refractivity contribution in [3.63, 3.8) is 0 Å². The fourth-order valence-corrected chi connectivity index (χ4v) is 3.51. The Hall–Kier alpha value is -1.51. The number of aromatic nitrogens is 1. The molecule has 0 aliphatic carbocycles. The van der Waals surface area contributed by atoms with E-state index in [1.807, 2.05) is 12.1 Å². The van der Waals surface area contributed by atoms with E-state index in [-0.39, 0.29) is 18.5 Å². The minimum absolute atomic E-state index is 0.0562. The van der Waals surface area contributed by atoms with Crippen LogP contribution in [0, 0.1) is 5.92 Å². The highest BCUT2D eigenvalue weighted by atomic mass is 32.2. The standard InChI is InChI=1S/C16H26N4O3S/c1-3-4-14-11-20(10-13-5-7-17-8-6-13)12-15(14)19-16(21)9-18-24(2,22)23/h5-8,14-15,18H,3-4,9-12H2,1-2H3,(H,19,21)/t14-,15-/m1/s1. The zero-order valence-corrected chi connectivity index (χ0v) is 15.1. The zero-order chi connectivity index (χ0) is 17.6. The number of nitrogens with one attached hydrogen (secondary N) is 2. The number of carbonyl (C=O) groups excluding carboxylic acids is 1. The van der Waals surface area contributed by atoms with E-state index in [0.717, 1.165) is 38.7 Å². The minimum Gasteiger partial charge on any atom is -0.351 e. The Labute approximate surface area is 143 Å². The monoisotopic (exact) mass is 354 g/mol. The summed E-state index contributed by atoms with van der Waals surface area (Å²) < 4.78 is 24.4. The van der Waals surface area contributed by atoms with E-state index in [1.54, 1.807) is 12.4 Å². The maximum absolute atomic E-state index is 12.0. The van der Waals surface area contributed by atoms with Crippen molar-refractivity contribution in [3.05, 3.63) is 30.1 Å². The summed E-state index contributed by atoms with van der Waals surface area (Å²) in [5.74, 6) is 0.108. The fraction of sp³-hybridized carbons (Fsp3) is 0.625. The molecule has 0 unspecified atom stereocenters. The summed E-state index contributed by atoms with van der Waals surface area (Å²) in [5, 5.41) is 2.98. The zero-order valence-electron chi connectivity index (χ0n) is 14.2. The second-order valence-electron chi connectivity index (χ2n) is 6.37. The van der Waals surface area contributed by atoms with Gasteiger partial charge in [0.05, 0.1) is 12.8 Å². The van der Waals surface area contributed by atoms with Crippen molar-refractivity contribution in [2.75, 3.05) is 25.9 Å². The van der Waals surface area contributed by atoms with E-state index >= 15 is 0 Å².